The SMILES string of the molecule is COc1cccc(NC(=O)c2cc(-c3ccc(Cl)c(Cl)c3)nn2Cc2ccc(C(=O)NCCC(=O)O)cc2)c1. The van der Waals surface area contributed by atoms with E-state index in [1.807, 2.05) is 0 Å². The normalized spacial score (nSPS) is 10.6. The second-order valence-corrected chi connectivity index (χ2v) is 9.30. The zero-order chi connectivity index (χ0) is 27.9. The second kappa shape index (κ2) is 12.5. The number of hydrogen-bond donors (Lipinski definition) is 3. The predicted octanol–water partition coefficient (Wildman–Crippen LogP) is 5.37. The van der Waals surface area contributed by atoms with Gasteiger partial charge in [-0.25, -0.2) is 0 Å². The standard InChI is InChI=1S/C28H24Cl2N4O5/c1-39-21-4-2-3-20(14-21)32-28(38)25-15-24(19-9-10-22(29)23(30)13-19)33-34(25)16-17-5-7-18(8-6-17)27(37)31-12-11-26(35)36/h2-10,13-15H,11-12,16H2,1H3,(H,31,37)(H,32,38)(H,35,36). The number of anilines is 1. The molecule has 4 rings (SSSR count). The number of nitrogens with one attached hydrogen (secondary N) is 2. The van der Waals surface area contributed by atoms with Gasteiger partial charge in [-0.3, -0.25) is 19.1 Å². The van der Waals surface area contributed by atoms with E-state index < -0.39 is 5.97 Å². The van der Waals surface area contributed by atoms with Crippen molar-refractivity contribution >= 4 is 46.7 Å². The summed E-state index contributed by atoms with van der Waals surface area (Å²) in [6, 6.07) is 20.5. The minimum atomic E-state index is -0.989. The lowest BCUT2D eigenvalue weighted by molar-refractivity contribution is -0.136. The van der Waals surface area contributed by atoms with Crippen LogP contribution in [0.3, 0.4) is 0 Å². The molecule has 1 heterocycles. The van der Waals surface area contributed by atoms with Gasteiger partial charge in [-0.15, -0.1) is 0 Å². The number of halogens is 2. The Morgan fingerprint density at radius 2 is 1.72 bits per heavy atom. The summed E-state index contributed by atoms with van der Waals surface area (Å²) in [5.41, 5.74) is 3.25. The lowest BCUT2D eigenvalue weighted by Crippen LogP contribution is -2.26. The Balaban J connectivity index is 1.60. The molecule has 11 heteroatoms. The summed E-state index contributed by atoms with van der Waals surface area (Å²) in [4.78, 5) is 36.3. The number of carboxylic acid groups (broad SMARTS) is 1. The first-order valence-electron chi connectivity index (χ1n) is 11.8. The van der Waals surface area contributed by atoms with Gasteiger partial charge in [0.2, 0.25) is 0 Å². The van der Waals surface area contributed by atoms with Gasteiger partial charge in [0.25, 0.3) is 11.8 Å². The van der Waals surface area contributed by atoms with E-state index in [1.165, 1.54) is 0 Å². The number of ether oxygens (including phenoxy) is 1. The maximum absolute atomic E-state index is 13.3. The van der Waals surface area contributed by atoms with E-state index >= 15 is 0 Å². The van der Waals surface area contributed by atoms with Gasteiger partial charge in [0.05, 0.1) is 35.8 Å². The van der Waals surface area contributed by atoms with E-state index in [0.29, 0.717) is 44.0 Å². The van der Waals surface area contributed by atoms with Crippen molar-refractivity contribution < 1.29 is 24.2 Å². The molecule has 0 aliphatic heterocycles. The fraction of sp³-hybridized carbons (Fsp3) is 0.143. The molecule has 0 aliphatic carbocycles. The summed E-state index contributed by atoms with van der Waals surface area (Å²) in [6.45, 7) is 0.273. The third kappa shape index (κ3) is 7.16. The first-order valence-corrected chi connectivity index (χ1v) is 12.6. The van der Waals surface area contributed by atoms with Gasteiger partial charge in [-0.05, 0) is 48.0 Å². The fourth-order valence-electron chi connectivity index (χ4n) is 3.73. The zero-order valence-electron chi connectivity index (χ0n) is 20.8. The van der Waals surface area contributed by atoms with Crippen molar-refractivity contribution in [3.05, 3.63) is 99.7 Å². The molecule has 0 saturated heterocycles. The number of carbonyl (C=O) groups is 3. The predicted molar refractivity (Wildman–Crippen MR) is 149 cm³/mol. The smallest absolute Gasteiger partial charge is 0.305 e. The van der Waals surface area contributed by atoms with Gasteiger partial charge in [-0.2, -0.15) is 5.10 Å². The topological polar surface area (TPSA) is 123 Å². The van der Waals surface area contributed by atoms with E-state index in [-0.39, 0.29) is 31.3 Å². The molecule has 3 aromatic carbocycles. The summed E-state index contributed by atoms with van der Waals surface area (Å²) in [5.74, 6) is -1.14. The molecular weight excluding hydrogens is 543 g/mol. The quantitative estimate of drug-likeness (QED) is 0.237. The average molecular weight is 567 g/mol. The molecule has 4 aromatic rings. The van der Waals surface area contributed by atoms with E-state index in [0.717, 1.165) is 5.56 Å². The molecule has 0 aliphatic rings. The molecule has 9 nitrogen and oxygen atoms in total. The number of methoxy groups -OCH3 is 1. The number of hydrogen-bond acceptors (Lipinski definition) is 5. The molecular formula is C28H24Cl2N4O5. The van der Waals surface area contributed by atoms with E-state index in [1.54, 1.807) is 84.6 Å². The lowest BCUT2D eigenvalue weighted by atomic mass is 10.1. The number of amides is 2. The number of carbonyl (C=O) groups excluding carboxylic acids is 2. The largest absolute Gasteiger partial charge is 0.497 e. The minimum absolute atomic E-state index is 0.0342. The zero-order valence-corrected chi connectivity index (χ0v) is 22.3. The maximum Gasteiger partial charge on any atom is 0.305 e. The van der Waals surface area contributed by atoms with Crippen LogP contribution < -0.4 is 15.4 Å². The van der Waals surface area contributed by atoms with E-state index in [4.69, 9.17) is 33.0 Å². The van der Waals surface area contributed by atoms with Crippen molar-refractivity contribution in [1.29, 1.82) is 0 Å². The van der Waals surface area contributed by atoms with Crippen LogP contribution >= 0.6 is 23.2 Å². The van der Waals surface area contributed by atoms with Crippen LogP contribution in [-0.2, 0) is 11.3 Å². The second-order valence-electron chi connectivity index (χ2n) is 8.48. The number of carboxylic acids is 1. The molecule has 3 N–H and O–H groups in total. The van der Waals surface area contributed by atoms with Crippen LogP contribution in [0.1, 0.15) is 32.8 Å². The Morgan fingerprint density at radius 1 is 0.949 bits per heavy atom. The first kappa shape index (κ1) is 27.7. The van der Waals surface area contributed by atoms with Gasteiger partial charge in [0.15, 0.2) is 0 Å². The number of aromatic nitrogens is 2. The van der Waals surface area contributed by atoms with Crippen LogP contribution in [0.5, 0.6) is 5.75 Å². The Morgan fingerprint density at radius 3 is 2.41 bits per heavy atom. The third-order valence-corrected chi connectivity index (χ3v) is 6.47. The van der Waals surface area contributed by atoms with E-state index in [2.05, 4.69) is 15.7 Å². The van der Waals surface area contributed by atoms with Crippen molar-refractivity contribution in [2.24, 2.45) is 0 Å². The van der Waals surface area contributed by atoms with E-state index in [9.17, 15) is 14.4 Å². The summed E-state index contributed by atoms with van der Waals surface area (Å²) in [7, 11) is 1.55. The Labute approximate surface area is 234 Å². The molecule has 39 heavy (non-hydrogen) atoms. The highest BCUT2D eigenvalue weighted by molar-refractivity contribution is 6.42. The lowest BCUT2D eigenvalue weighted by Gasteiger charge is -2.10. The Kier molecular flexibility index (Phi) is 8.85. The van der Waals surface area contributed by atoms with Gasteiger partial charge in [0, 0.05) is 29.4 Å². The molecule has 0 unspecified atom stereocenters. The minimum Gasteiger partial charge on any atom is -0.497 e. The molecule has 0 saturated carbocycles. The Hall–Kier alpha value is -4.34. The summed E-state index contributed by atoms with van der Waals surface area (Å²) in [6.07, 6.45) is -0.162. The van der Waals surface area contributed by atoms with Crippen LogP contribution in [0.15, 0.2) is 72.8 Å². The highest BCUT2D eigenvalue weighted by Gasteiger charge is 2.18. The van der Waals surface area contributed by atoms with Gasteiger partial charge in [-0.1, -0.05) is 47.5 Å². The molecule has 2 amide bonds. The molecule has 0 bridgehead atoms. The van der Waals surface area contributed by atoms with Crippen molar-refractivity contribution in [2.45, 2.75) is 13.0 Å². The average Bonchev–Trinajstić information content (AvgIpc) is 3.34. The molecule has 0 spiro atoms. The monoisotopic (exact) mass is 566 g/mol. The summed E-state index contributed by atoms with van der Waals surface area (Å²) < 4.78 is 6.80. The first-order chi connectivity index (χ1) is 18.7. The molecule has 0 fully saturated rings. The van der Waals surface area contributed by atoms with Gasteiger partial charge in [0.1, 0.15) is 11.4 Å². The van der Waals surface area contributed by atoms with Crippen LogP contribution in [0, 0.1) is 0 Å². The molecule has 0 radical (unpaired) electrons. The molecule has 200 valence electrons. The Bertz CT molecular complexity index is 1520. The fourth-order valence-corrected chi connectivity index (χ4v) is 4.03. The summed E-state index contributed by atoms with van der Waals surface area (Å²) >= 11 is 12.3. The van der Waals surface area contributed by atoms with Crippen LogP contribution in [0.4, 0.5) is 5.69 Å². The highest BCUT2D eigenvalue weighted by Crippen LogP contribution is 2.29. The number of aliphatic carboxylic acids is 1. The van der Waals surface area contributed by atoms with Crippen LogP contribution in [0.2, 0.25) is 10.0 Å². The number of nitrogens with zero attached hydrogens (tertiary/aromatic N) is 2. The van der Waals surface area contributed by atoms with Crippen molar-refractivity contribution in [3.63, 3.8) is 0 Å². The van der Waals surface area contributed by atoms with Crippen molar-refractivity contribution in [3.8, 4) is 17.0 Å². The van der Waals surface area contributed by atoms with Crippen LogP contribution in [0.25, 0.3) is 11.3 Å². The van der Waals surface area contributed by atoms with Crippen molar-refractivity contribution in [1.82, 2.24) is 15.1 Å². The van der Waals surface area contributed by atoms with Gasteiger partial charge < -0.3 is 20.5 Å². The van der Waals surface area contributed by atoms with Gasteiger partial charge >= 0.3 is 5.97 Å². The third-order valence-electron chi connectivity index (χ3n) is 5.73. The van der Waals surface area contributed by atoms with Crippen LogP contribution in [-0.4, -0.2) is 46.3 Å². The highest BCUT2D eigenvalue weighted by atomic mass is 35.5. The van der Waals surface area contributed by atoms with Crippen molar-refractivity contribution in [2.75, 3.05) is 19.0 Å². The molecule has 1 aromatic heterocycles. The number of rotatable bonds is 10. The number of benzene rings is 3. The maximum atomic E-state index is 13.3. The summed E-state index contributed by atoms with van der Waals surface area (Å²) in [5, 5.41) is 19.6. The molecule has 0 atom stereocenters.